The number of fused-ring (bicyclic) bond motifs is 1. The first-order valence-corrected chi connectivity index (χ1v) is 8.28. The number of thioether (sulfide) groups is 1. The van der Waals surface area contributed by atoms with Crippen molar-refractivity contribution in [2.24, 2.45) is 5.92 Å². The van der Waals surface area contributed by atoms with E-state index in [9.17, 15) is 5.11 Å². The van der Waals surface area contributed by atoms with Crippen molar-refractivity contribution < 1.29 is 5.11 Å². The molecule has 0 aliphatic heterocycles. The number of aliphatic hydroxyl groups is 1. The van der Waals surface area contributed by atoms with E-state index in [4.69, 9.17) is 5.73 Å². The van der Waals surface area contributed by atoms with E-state index < -0.39 is 0 Å². The van der Waals surface area contributed by atoms with Crippen molar-refractivity contribution in [3.05, 3.63) is 0 Å². The predicted octanol–water partition coefficient (Wildman–Crippen LogP) is 1.64. The summed E-state index contributed by atoms with van der Waals surface area (Å²) in [5, 5.41) is 18.9. The second-order valence-electron chi connectivity index (χ2n) is 5.62. The lowest BCUT2D eigenvalue weighted by Gasteiger charge is -2.10. The van der Waals surface area contributed by atoms with Gasteiger partial charge >= 0.3 is 0 Å². The average molecular weight is 308 g/mol. The van der Waals surface area contributed by atoms with Crippen molar-refractivity contribution in [1.29, 1.82) is 0 Å². The number of hydrogen-bond donors (Lipinski definition) is 2. The summed E-state index contributed by atoms with van der Waals surface area (Å²) in [4.78, 5) is 8.83. The van der Waals surface area contributed by atoms with Crippen molar-refractivity contribution in [2.75, 3.05) is 11.5 Å². The van der Waals surface area contributed by atoms with Gasteiger partial charge in [0.15, 0.2) is 22.1 Å². The molecular formula is C13H20N6OS. The second-order valence-corrected chi connectivity index (χ2v) is 6.68. The Morgan fingerprint density at radius 3 is 2.86 bits per heavy atom. The van der Waals surface area contributed by atoms with Gasteiger partial charge in [-0.1, -0.05) is 30.8 Å². The highest BCUT2D eigenvalue weighted by molar-refractivity contribution is 7.99. The highest BCUT2D eigenvalue weighted by Gasteiger charge is 2.33. The minimum Gasteiger partial charge on any atom is -0.393 e. The predicted molar refractivity (Wildman–Crippen MR) is 82.0 cm³/mol. The van der Waals surface area contributed by atoms with E-state index in [-0.39, 0.29) is 18.1 Å². The maximum Gasteiger partial charge on any atom is 0.191 e. The summed E-state index contributed by atoms with van der Waals surface area (Å²) in [6.07, 6.45) is 2.32. The number of nitrogens with zero attached hydrogens (tertiary/aromatic N) is 5. The van der Waals surface area contributed by atoms with Crippen molar-refractivity contribution >= 4 is 28.7 Å². The number of nitrogens with two attached hydrogens (primary N) is 1. The van der Waals surface area contributed by atoms with Crippen LogP contribution >= 0.6 is 11.8 Å². The summed E-state index contributed by atoms with van der Waals surface area (Å²) in [7, 11) is 0. The molecule has 0 radical (unpaired) electrons. The van der Waals surface area contributed by atoms with Gasteiger partial charge in [0.2, 0.25) is 0 Å². The molecule has 0 aromatic carbocycles. The number of anilines is 1. The van der Waals surface area contributed by atoms with Gasteiger partial charge in [0.25, 0.3) is 0 Å². The van der Waals surface area contributed by atoms with Crippen LogP contribution in [-0.2, 0) is 0 Å². The molecule has 2 aromatic rings. The summed E-state index contributed by atoms with van der Waals surface area (Å²) < 4.78 is 1.80. The van der Waals surface area contributed by atoms with Crippen LogP contribution in [0.1, 0.15) is 39.2 Å². The molecule has 8 heteroatoms. The minimum absolute atomic E-state index is 0.123. The molecule has 2 aromatic heterocycles. The third kappa shape index (κ3) is 2.69. The average Bonchev–Trinajstić information content (AvgIpc) is 3.01. The Morgan fingerprint density at radius 1 is 1.38 bits per heavy atom. The van der Waals surface area contributed by atoms with Gasteiger partial charge in [-0.05, 0) is 25.2 Å². The van der Waals surface area contributed by atoms with Crippen LogP contribution in [0, 0.1) is 5.92 Å². The van der Waals surface area contributed by atoms with E-state index in [1.165, 1.54) is 0 Å². The summed E-state index contributed by atoms with van der Waals surface area (Å²) in [5.74, 6) is 1.59. The molecule has 7 nitrogen and oxygen atoms in total. The molecule has 0 bridgehead atoms. The van der Waals surface area contributed by atoms with E-state index in [1.54, 1.807) is 16.4 Å². The van der Waals surface area contributed by atoms with E-state index in [2.05, 4.69) is 34.1 Å². The third-order valence-corrected chi connectivity index (χ3v) is 4.98. The summed E-state index contributed by atoms with van der Waals surface area (Å²) in [6.45, 7) is 4.16. The highest BCUT2D eigenvalue weighted by Crippen LogP contribution is 2.35. The molecule has 0 amide bonds. The molecule has 1 fully saturated rings. The van der Waals surface area contributed by atoms with E-state index in [0.717, 1.165) is 18.6 Å². The van der Waals surface area contributed by atoms with Gasteiger partial charge in [-0.15, -0.1) is 5.10 Å². The van der Waals surface area contributed by atoms with Crippen LogP contribution in [0.15, 0.2) is 5.16 Å². The van der Waals surface area contributed by atoms with Gasteiger partial charge in [-0.3, -0.25) is 0 Å². The first-order chi connectivity index (χ1) is 10.1. The van der Waals surface area contributed by atoms with Crippen molar-refractivity contribution in [2.45, 2.75) is 50.4 Å². The lowest BCUT2D eigenvalue weighted by Crippen LogP contribution is -2.10. The Bertz CT molecular complexity index is 635. The smallest absolute Gasteiger partial charge is 0.191 e. The zero-order valence-corrected chi connectivity index (χ0v) is 13.0. The molecule has 2 unspecified atom stereocenters. The van der Waals surface area contributed by atoms with Gasteiger partial charge in [-0.25, -0.2) is 14.6 Å². The summed E-state index contributed by atoms with van der Waals surface area (Å²) in [5.41, 5.74) is 7.19. The van der Waals surface area contributed by atoms with Crippen LogP contribution in [0.4, 0.5) is 5.82 Å². The van der Waals surface area contributed by atoms with Gasteiger partial charge in [0.05, 0.1) is 12.1 Å². The summed E-state index contributed by atoms with van der Waals surface area (Å²) >= 11 is 1.58. The Kier molecular flexibility index (Phi) is 3.99. The Balaban J connectivity index is 1.98. The largest absolute Gasteiger partial charge is 0.393 e. The number of rotatable bonds is 4. The van der Waals surface area contributed by atoms with E-state index in [1.807, 2.05) is 0 Å². The number of aliphatic hydroxyl groups excluding tert-OH is 1. The standard InChI is InChI=1S/C13H20N6OS/c1-3-4-21-13-15-11(14)10-12(16-13)19(18-17-10)8-5-7(2)9(20)6-8/h7-9,20H,3-6H2,1-2H3,(H2,14,15,16)/t7?,8?,9-/m0/s1. The molecule has 3 N–H and O–H groups in total. The molecule has 1 saturated carbocycles. The fourth-order valence-corrected chi connectivity index (χ4v) is 3.43. The zero-order chi connectivity index (χ0) is 15.0. The molecular weight excluding hydrogens is 288 g/mol. The molecule has 3 rings (SSSR count). The first-order valence-electron chi connectivity index (χ1n) is 7.29. The molecule has 114 valence electrons. The van der Waals surface area contributed by atoms with Crippen molar-refractivity contribution in [1.82, 2.24) is 25.0 Å². The molecule has 21 heavy (non-hydrogen) atoms. The van der Waals surface area contributed by atoms with Crippen LogP contribution in [-0.4, -0.2) is 41.9 Å². The van der Waals surface area contributed by atoms with Crippen LogP contribution in [0.3, 0.4) is 0 Å². The fourth-order valence-electron chi connectivity index (χ4n) is 2.73. The lowest BCUT2D eigenvalue weighted by molar-refractivity contribution is 0.139. The Hall–Kier alpha value is -1.41. The third-order valence-electron chi connectivity index (χ3n) is 3.93. The highest BCUT2D eigenvalue weighted by atomic mass is 32.2. The van der Waals surface area contributed by atoms with Crippen LogP contribution in [0.5, 0.6) is 0 Å². The lowest BCUT2D eigenvalue weighted by atomic mass is 10.1. The molecule has 3 atom stereocenters. The van der Waals surface area contributed by atoms with Crippen molar-refractivity contribution in [3.8, 4) is 0 Å². The monoisotopic (exact) mass is 308 g/mol. The summed E-state index contributed by atoms with van der Waals surface area (Å²) in [6, 6.07) is 0.123. The quantitative estimate of drug-likeness (QED) is 0.653. The number of aromatic nitrogens is 5. The van der Waals surface area contributed by atoms with Crippen molar-refractivity contribution in [3.63, 3.8) is 0 Å². The maximum absolute atomic E-state index is 9.94. The van der Waals surface area contributed by atoms with Gasteiger partial charge < -0.3 is 10.8 Å². The van der Waals surface area contributed by atoms with Gasteiger partial charge in [0, 0.05) is 5.75 Å². The minimum atomic E-state index is -0.289. The fraction of sp³-hybridized carbons (Fsp3) is 0.692. The normalized spacial score (nSPS) is 25.8. The number of nitrogen functional groups attached to an aromatic ring is 1. The Labute approximate surface area is 127 Å². The SMILES string of the molecule is CCCSc1nc(N)c2nnn(C3CC(C)[C@@H](O)C3)c2n1. The first kappa shape index (κ1) is 14.5. The molecule has 1 aliphatic carbocycles. The van der Waals surface area contributed by atoms with E-state index >= 15 is 0 Å². The molecule has 0 spiro atoms. The molecule has 0 saturated heterocycles. The number of hydrogen-bond acceptors (Lipinski definition) is 7. The van der Waals surface area contributed by atoms with Gasteiger partial charge in [0.1, 0.15) is 0 Å². The topological polar surface area (TPSA) is 103 Å². The molecule has 2 heterocycles. The van der Waals surface area contributed by atoms with Crippen LogP contribution < -0.4 is 5.73 Å². The zero-order valence-electron chi connectivity index (χ0n) is 12.2. The maximum atomic E-state index is 9.94. The van der Waals surface area contributed by atoms with E-state index in [0.29, 0.717) is 28.6 Å². The Morgan fingerprint density at radius 2 is 2.19 bits per heavy atom. The van der Waals surface area contributed by atoms with Crippen LogP contribution in [0.2, 0.25) is 0 Å². The second kappa shape index (κ2) is 5.76. The molecule has 1 aliphatic rings. The van der Waals surface area contributed by atoms with Crippen LogP contribution in [0.25, 0.3) is 11.2 Å². The van der Waals surface area contributed by atoms with Gasteiger partial charge in [-0.2, -0.15) is 0 Å².